The average Bonchev–Trinajstić information content (AvgIpc) is 2.49. The van der Waals surface area contributed by atoms with Gasteiger partial charge in [-0.3, -0.25) is 4.90 Å². The van der Waals surface area contributed by atoms with Crippen LogP contribution in [-0.4, -0.2) is 24.5 Å². The van der Waals surface area contributed by atoms with Crippen molar-refractivity contribution in [3.05, 3.63) is 73.3 Å². The van der Waals surface area contributed by atoms with Gasteiger partial charge in [0.25, 0.3) is 0 Å². The zero-order valence-corrected chi connectivity index (χ0v) is 11.1. The number of piperazine rings is 1. The zero-order valence-electron chi connectivity index (χ0n) is 11.1. The fourth-order valence-electron chi connectivity index (χ4n) is 2.69. The largest absolute Gasteiger partial charge is 0.368 e. The summed E-state index contributed by atoms with van der Waals surface area (Å²) in [5.41, 5.74) is 2.65. The fourth-order valence-corrected chi connectivity index (χ4v) is 2.69. The van der Waals surface area contributed by atoms with Gasteiger partial charge in [0.15, 0.2) is 0 Å². The van der Waals surface area contributed by atoms with Crippen molar-refractivity contribution in [2.24, 2.45) is 0 Å². The van der Waals surface area contributed by atoms with E-state index in [1.165, 1.54) is 11.3 Å². The molecule has 2 heteroatoms. The number of rotatable bonds is 2. The molecular weight excluding hydrogens is 232 g/mol. The van der Waals surface area contributed by atoms with Crippen molar-refractivity contribution in [1.82, 2.24) is 4.90 Å². The number of para-hydroxylation sites is 1. The summed E-state index contributed by atoms with van der Waals surface area (Å²) in [6.07, 6.45) is 0. The standard InChI is InChI=1S/C17H19N2/c1-18-12-13-19(16-10-6-3-7-11-16)14-17(18)15-8-4-2-5-9-15/h2-11,17H,1,12-14H2. The first-order valence-corrected chi connectivity index (χ1v) is 6.77. The molecule has 1 radical (unpaired) electrons. The van der Waals surface area contributed by atoms with Gasteiger partial charge in [-0.1, -0.05) is 48.5 Å². The molecule has 0 aromatic heterocycles. The van der Waals surface area contributed by atoms with Crippen LogP contribution >= 0.6 is 0 Å². The van der Waals surface area contributed by atoms with E-state index in [9.17, 15) is 0 Å². The van der Waals surface area contributed by atoms with Gasteiger partial charge in [0.2, 0.25) is 0 Å². The molecule has 0 N–H and O–H groups in total. The molecule has 3 rings (SSSR count). The van der Waals surface area contributed by atoms with Crippen LogP contribution in [0.25, 0.3) is 0 Å². The number of hydrogen-bond donors (Lipinski definition) is 0. The van der Waals surface area contributed by atoms with Crippen LogP contribution in [0.2, 0.25) is 0 Å². The van der Waals surface area contributed by atoms with E-state index in [2.05, 4.69) is 77.5 Å². The molecule has 2 aromatic carbocycles. The van der Waals surface area contributed by atoms with E-state index in [-0.39, 0.29) is 0 Å². The highest BCUT2D eigenvalue weighted by Gasteiger charge is 2.25. The van der Waals surface area contributed by atoms with Crippen LogP contribution < -0.4 is 4.90 Å². The van der Waals surface area contributed by atoms with Gasteiger partial charge >= 0.3 is 0 Å². The average molecular weight is 251 g/mol. The van der Waals surface area contributed by atoms with Crippen LogP contribution in [0.4, 0.5) is 5.69 Å². The smallest absolute Gasteiger partial charge is 0.0524 e. The van der Waals surface area contributed by atoms with Crippen molar-refractivity contribution >= 4 is 5.69 Å². The summed E-state index contributed by atoms with van der Waals surface area (Å²) in [6, 6.07) is 21.7. The molecule has 1 aliphatic rings. The second-order valence-electron chi connectivity index (χ2n) is 5.02. The lowest BCUT2D eigenvalue weighted by Crippen LogP contribution is -2.45. The molecule has 0 aliphatic carbocycles. The molecule has 2 nitrogen and oxygen atoms in total. The molecule has 97 valence electrons. The highest BCUT2D eigenvalue weighted by molar-refractivity contribution is 5.47. The third-order valence-electron chi connectivity index (χ3n) is 3.80. The van der Waals surface area contributed by atoms with Crippen LogP contribution in [0.1, 0.15) is 11.6 Å². The summed E-state index contributed by atoms with van der Waals surface area (Å²) < 4.78 is 0. The Balaban J connectivity index is 1.82. The van der Waals surface area contributed by atoms with E-state index in [0.29, 0.717) is 6.04 Å². The van der Waals surface area contributed by atoms with E-state index in [4.69, 9.17) is 0 Å². The predicted molar refractivity (Wildman–Crippen MR) is 79.9 cm³/mol. The Morgan fingerprint density at radius 1 is 0.842 bits per heavy atom. The van der Waals surface area contributed by atoms with Gasteiger partial charge in [0.1, 0.15) is 0 Å². The molecule has 2 aromatic rings. The first-order valence-electron chi connectivity index (χ1n) is 6.77. The molecule has 0 saturated carbocycles. The first kappa shape index (κ1) is 12.2. The van der Waals surface area contributed by atoms with Crippen molar-refractivity contribution < 1.29 is 0 Å². The van der Waals surface area contributed by atoms with Crippen LogP contribution in [0.15, 0.2) is 60.7 Å². The van der Waals surface area contributed by atoms with Crippen molar-refractivity contribution in [2.45, 2.75) is 6.04 Å². The maximum absolute atomic E-state index is 4.19. The van der Waals surface area contributed by atoms with Gasteiger partial charge < -0.3 is 4.90 Å². The van der Waals surface area contributed by atoms with E-state index in [1.54, 1.807) is 0 Å². The molecule has 1 fully saturated rings. The Labute approximate surface area is 115 Å². The molecule has 0 spiro atoms. The summed E-state index contributed by atoms with van der Waals surface area (Å²) in [4.78, 5) is 4.65. The Kier molecular flexibility index (Phi) is 3.51. The first-order chi connectivity index (χ1) is 9.34. The quantitative estimate of drug-likeness (QED) is 0.807. The van der Waals surface area contributed by atoms with Gasteiger partial charge in [0.05, 0.1) is 6.04 Å². The molecule has 1 unspecified atom stereocenters. The molecule has 0 amide bonds. The minimum atomic E-state index is 0.371. The van der Waals surface area contributed by atoms with Crippen molar-refractivity contribution in [3.8, 4) is 0 Å². The molecule has 1 atom stereocenters. The van der Waals surface area contributed by atoms with Gasteiger partial charge in [-0.2, -0.15) is 0 Å². The predicted octanol–water partition coefficient (Wildman–Crippen LogP) is 3.34. The highest BCUT2D eigenvalue weighted by Crippen LogP contribution is 2.27. The van der Waals surface area contributed by atoms with E-state index < -0.39 is 0 Å². The third kappa shape index (κ3) is 2.64. The molecule has 1 saturated heterocycles. The van der Waals surface area contributed by atoms with E-state index in [0.717, 1.165) is 19.6 Å². The molecular formula is C17H19N2. The number of nitrogens with zero attached hydrogens (tertiary/aromatic N) is 2. The van der Waals surface area contributed by atoms with Crippen molar-refractivity contribution in [3.63, 3.8) is 0 Å². The van der Waals surface area contributed by atoms with Gasteiger partial charge in [0, 0.05) is 32.4 Å². The molecule has 0 bridgehead atoms. The lowest BCUT2D eigenvalue weighted by atomic mass is 10.0. The maximum atomic E-state index is 4.19. The third-order valence-corrected chi connectivity index (χ3v) is 3.80. The minimum absolute atomic E-state index is 0.371. The molecule has 1 aliphatic heterocycles. The summed E-state index contributed by atoms with van der Waals surface area (Å²) in [7, 11) is 4.19. The van der Waals surface area contributed by atoms with Gasteiger partial charge in [-0.15, -0.1) is 0 Å². The lowest BCUT2D eigenvalue weighted by Gasteiger charge is -2.40. The van der Waals surface area contributed by atoms with Gasteiger partial charge in [-0.05, 0) is 17.7 Å². The fraction of sp³-hybridized carbons (Fsp3) is 0.235. The van der Waals surface area contributed by atoms with Crippen LogP contribution in [0.3, 0.4) is 0 Å². The lowest BCUT2D eigenvalue weighted by molar-refractivity contribution is 0.248. The Morgan fingerprint density at radius 2 is 1.47 bits per heavy atom. The summed E-state index contributed by atoms with van der Waals surface area (Å²) in [6.45, 7) is 3.03. The highest BCUT2D eigenvalue weighted by atomic mass is 15.3. The van der Waals surface area contributed by atoms with Gasteiger partial charge in [-0.25, -0.2) is 0 Å². The summed E-state index contributed by atoms with van der Waals surface area (Å²) in [5.74, 6) is 0. The van der Waals surface area contributed by atoms with Crippen LogP contribution in [0, 0.1) is 7.05 Å². The Bertz CT molecular complexity index is 509. The Morgan fingerprint density at radius 3 is 2.16 bits per heavy atom. The summed E-state index contributed by atoms with van der Waals surface area (Å²) in [5, 5.41) is 0. The van der Waals surface area contributed by atoms with Crippen LogP contribution in [0.5, 0.6) is 0 Å². The van der Waals surface area contributed by atoms with E-state index >= 15 is 0 Å². The monoisotopic (exact) mass is 251 g/mol. The minimum Gasteiger partial charge on any atom is -0.368 e. The second-order valence-corrected chi connectivity index (χ2v) is 5.02. The van der Waals surface area contributed by atoms with Crippen molar-refractivity contribution in [2.75, 3.05) is 24.5 Å². The molecule has 19 heavy (non-hydrogen) atoms. The zero-order chi connectivity index (χ0) is 13.1. The summed E-state index contributed by atoms with van der Waals surface area (Å²) >= 11 is 0. The Hall–Kier alpha value is -1.80. The number of benzene rings is 2. The topological polar surface area (TPSA) is 6.48 Å². The molecule has 1 heterocycles. The number of anilines is 1. The SMILES string of the molecule is [CH2]N1CCN(c2ccccc2)CC1c1ccccc1. The van der Waals surface area contributed by atoms with Crippen molar-refractivity contribution in [1.29, 1.82) is 0 Å². The number of hydrogen-bond acceptors (Lipinski definition) is 2. The van der Waals surface area contributed by atoms with E-state index in [1.807, 2.05) is 0 Å². The second kappa shape index (κ2) is 5.45. The maximum Gasteiger partial charge on any atom is 0.0524 e. The normalized spacial score (nSPS) is 20.5. The van der Waals surface area contributed by atoms with Crippen LogP contribution in [-0.2, 0) is 0 Å².